The Morgan fingerprint density at radius 2 is 2.11 bits per heavy atom. The lowest BCUT2D eigenvalue weighted by atomic mass is 9.95. The maximum absolute atomic E-state index is 11.4. The van der Waals surface area contributed by atoms with Gasteiger partial charge in [0.25, 0.3) is 3.12 Å². The predicted octanol–water partition coefficient (Wildman–Crippen LogP) is 3.09. The van der Waals surface area contributed by atoms with Gasteiger partial charge in [0.2, 0.25) is 5.91 Å². The SMILES string of the molecule is NC(=O)c1ccccc1[C@H]1CON(SC(Cl)(Cl)Cl)C1. The van der Waals surface area contributed by atoms with Gasteiger partial charge in [0, 0.05) is 30.0 Å². The average molecular weight is 342 g/mol. The smallest absolute Gasteiger partial charge is 0.253 e. The molecule has 1 aliphatic rings. The molecule has 104 valence electrons. The minimum absolute atomic E-state index is 0.0172. The Morgan fingerprint density at radius 1 is 1.42 bits per heavy atom. The summed E-state index contributed by atoms with van der Waals surface area (Å²) in [5.41, 5.74) is 6.70. The number of rotatable bonds is 3. The van der Waals surface area contributed by atoms with E-state index in [1.807, 2.05) is 12.1 Å². The highest BCUT2D eigenvalue weighted by Gasteiger charge is 2.33. The van der Waals surface area contributed by atoms with Crippen molar-refractivity contribution in [3.05, 3.63) is 35.4 Å². The van der Waals surface area contributed by atoms with Crippen molar-refractivity contribution in [1.82, 2.24) is 4.47 Å². The predicted molar refractivity (Wildman–Crippen MR) is 78.2 cm³/mol. The van der Waals surface area contributed by atoms with Gasteiger partial charge in [-0.05, 0) is 11.6 Å². The summed E-state index contributed by atoms with van der Waals surface area (Å²) >= 11 is 18.0. The van der Waals surface area contributed by atoms with Crippen molar-refractivity contribution in [3.8, 4) is 0 Å². The molecule has 1 aromatic carbocycles. The third kappa shape index (κ3) is 4.15. The zero-order chi connectivity index (χ0) is 14.0. The van der Waals surface area contributed by atoms with Gasteiger partial charge in [-0.15, -0.1) is 4.47 Å². The van der Waals surface area contributed by atoms with Crippen LogP contribution in [0, 0.1) is 0 Å². The van der Waals surface area contributed by atoms with E-state index < -0.39 is 9.03 Å². The first-order chi connectivity index (χ1) is 8.87. The number of nitrogens with zero attached hydrogens (tertiary/aromatic N) is 1. The lowest BCUT2D eigenvalue weighted by Crippen LogP contribution is -2.18. The van der Waals surface area contributed by atoms with Gasteiger partial charge in [-0.2, -0.15) is 0 Å². The van der Waals surface area contributed by atoms with Gasteiger partial charge < -0.3 is 5.73 Å². The second-order valence-corrected chi connectivity index (χ2v) is 8.15. The number of hydrogen-bond acceptors (Lipinski definition) is 4. The van der Waals surface area contributed by atoms with Crippen LogP contribution in [0.5, 0.6) is 0 Å². The minimum atomic E-state index is -1.47. The molecule has 1 saturated heterocycles. The third-order valence-corrected chi connectivity index (χ3v) is 3.95. The van der Waals surface area contributed by atoms with Crippen molar-refractivity contribution in [1.29, 1.82) is 0 Å². The molecule has 0 saturated carbocycles. The Kier molecular flexibility index (Phi) is 4.87. The second kappa shape index (κ2) is 6.08. The highest BCUT2D eigenvalue weighted by atomic mass is 35.6. The normalized spacial score (nSPS) is 20.7. The fourth-order valence-corrected chi connectivity index (χ4v) is 3.19. The van der Waals surface area contributed by atoms with Gasteiger partial charge in [0.15, 0.2) is 0 Å². The molecule has 8 heteroatoms. The van der Waals surface area contributed by atoms with E-state index in [1.54, 1.807) is 12.1 Å². The number of carbonyl (C=O) groups is 1. The van der Waals surface area contributed by atoms with E-state index in [0.717, 1.165) is 17.5 Å². The van der Waals surface area contributed by atoms with E-state index in [0.29, 0.717) is 18.7 Å². The maximum Gasteiger partial charge on any atom is 0.253 e. The lowest BCUT2D eigenvalue weighted by molar-refractivity contribution is -0.0181. The van der Waals surface area contributed by atoms with Crippen LogP contribution in [-0.2, 0) is 4.84 Å². The summed E-state index contributed by atoms with van der Waals surface area (Å²) in [5.74, 6) is -0.438. The molecule has 0 aromatic heterocycles. The van der Waals surface area contributed by atoms with Crippen molar-refractivity contribution in [2.75, 3.05) is 13.2 Å². The van der Waals surface area contributed by atoms with Crippen LogP contribution in [0.1, 0.15) is 21.8 Å². The first kappa shape index (κ1) is 15.2. The van der Waals surface area contributed by atoms with Gasteiger partial charge in [-0.3, -0.25) is 9.63 Å². The van der Waals surface area contributed by atoms with Crippen LogP contribution in [0.15, 0.2) is 24.3 Å². The van der Waals surface area contributed by atoms with E-state index in [1.165, 1.54) is 4.47 Å². The fourth-order valence-electron chi connectivity index (χ4n) is 1.90. The van der Waals surface area contributed by atoms with E-state index >= 15 is 0 Å². The van der Waals surface area contributed by atoms with E-state index in [-0.39, 0.29) is 5.92 Å². The molecule has 1 atom stereocenters. The fraction of sp³-hybridized carbons (Fsp3) is 0.364. The lowest BCUT2D eigenvalue weighted by Gasteiger charge is -2.18. The van der Waals surface area contributed by atoms with Crippen molar-refractivity contribution in [2.24, 2.45) is 5.73 Å². The second-order valence-electron chi connectivity index (χ2n) is 4.00. The Bertz CT molecular complexity index is 481. The molecule has 1 aromatic rings. The van der Waals surface area contributed by atoms with Crippen LogP contribution in [0.2, 0.25) is 0 Å². The molecule has 1 amide bonds. The Balaban J connectivity index is 2.11. The summed E-state index contributed by atoms with van der Waals surface area (Å²) in [6, 6.07) is 7.18. The highest BCUT2D eigenvalue weighted by Crippen LogP contribution is 2.43. The summed E-state index contributed by atoms with van der Waals surface area (Å²) < 4.78 is 0.0353. The summed E-state index contributed by atoms with van der Waals surface area (Å²) in [4.78, 5) is 16.8. The zero-order valence-electron chi connectivity index (χ0n) is 9.68. The number of hydrogen-bond donors (Lipinski definition) is 1. The number of primary amides is 1. The molecule has 0 spiro atoms. The molecule has 2 rings (SSSR count). The number of benzene rings is 1. The molecule has 1 fully saturated rings. The van der Waals surface area contributed by atoms with Crippen molar-refractivity contribution >= 4 is 52.7 Å². The van der Waals surface area contributed by atoms with Gasteiger partial charge in [-0.1, -0.05) is 53.0 Å². The van der Waals surface area contributed by atoms with Crippen LogP contribution in [-0.4, -0.2) is 26.7 Å². The monoisotopic (exact) mass is 340 g/mol. The van der Waals surface area contributed by atoms with E-state index in [4.69, 9.17) is 45.4 Å². The molecule has 0 unspecified atom stereocenters. The highest BCUT2D eigenvalue weighted by molar-refractivity contribution is 8.02. The molecular formula is C11H11Cl3N2O2S. The molecule has 2 N–H and O–H groups in total. The summed E-state index contributed by atoms with van der Waals surface area (Å²) in [6.45, 7) is 0.931. The molecule has 1 aliphatic heterocycles. The van der Waals surface area contributed by atoms with Crippen LogP contribution < -0.4 is 5.73 Å². The first-order valence-electron chi connectivity index (χ1n) is 5.42. The number of carbonyl (C=O) groups excluding carboxylic acids is 1. The van der Waals surface area contributed by atoms with Gasteiger partial charge >= 0.3 is 0 Å². The van der Waals surface area contributed by atoms with Crippen molar-refractivity contribution in [2.45, 2.75) is 9.04 Å². The van der Waals surface area contributed by atoms with Crippen LogP contribution in [0.4, 0.5) is 0 Å². The number of nitrogens with two attached hydrogens (primary N) is 1. The van der Waals surface area contributed by atoms with Crippen molar-refractivity contribution in [3.63, 3.8) is 0 Å². The summed E-state index contributed by atoms with van der Waals surface area (Å²) in [7, 11) is 0. The number of amides is 1. The molecule has 19 heavy (non-hydrogen) atoms. The van der Waals surface area contributed by atoms with E-state index in [9.17, 15) is 4.79 Å². The molecule has 1 heterocycles. The molecule has 0 radical (unpaired) electrons. The average Bonchev–Trinajstić information content (AvgIpc) is 2.75. The Morgan fingerprint density at radius 3 is 2.74 bits per heavy atom. The zero-order valence-corrected chi connectivity index (χ0v) is 12.8. The largest absolute Gasteiger partial charge is 0.366 e. The molecule has 4 nitrogen and oxygen atoms in total. The number of hydroxylamine groups is 1. The van der Waals surface area contributed by atoms with Gasteiger partial charge in [-0.25, -0.2) is 0 Å². The quantitative estimate of drug-likeness (QED) is 0.678. The van der Waals surface area contributed by atoms with Gasteiger partial charge in [0.05, 0.1) is 6.61 Å². The van der Waals surface area contributed by atoms with Crippen LogP contribution in [0.3, 0.4) is 0 Å². The standard InChI is InChI=1S/C11H11Cl3N2O2S/c12-11(13,14)19-16-5-7(6-18-16)8-3-1-2-4-9(8)10(15)17/h1-4,7H,5-6H2,(H2,15,17)/t7-/m1/s1. The van der Waals surface area contributed by atoms with Crippen LogP contribution in [0.25, 0.3) is 0 Å². The first-order valence-corrected chi connectivity index (χ1v) is 7.32. The van der Waals surface area contributed by atoms with Gasteiger partial charge in [0.1, 0.15) is 0 Å². The molecule has 0 bridgehead atoms. The number of halogens is 3. The topological polar surface area (TPSA) is 55.6 Å². The Labute approximate surface area is 130 Å². The van der Waals surface area contributed by atoms with Crippen molar-refractivity contribution < 1.29 is 9.63 Å². The number of alkyl halides is 3. The van der Waals surface area contributed by atoms with E-state index in [2.05, 4.69) is 0 Å². The summed E-state index contributed by atoms with van der Waals surface area (Å²) in [5, 5.41) is 0. The third-order valence-electron chi connectivity index (χ3n) is 2.66. The summed E-state index contributed by atoms with van der Waals surface area (Å²) in [6.07, 6.45) is 0. The Hall–Kier alpha value is -0.170. The molecular weight excluding hydrogens is 331 g/mol. The minimum Gasteiger partial charge on any atom is -0.366 e. The molecule has 0 aliphatic carbocycles. The van der Waals surface area contributed by atoms with Crippen LogP contribution >= 0.6 is 46.8 Å². The maximum atomic E-state index is 11.4.